The Morgan fingerprint density at radius 1 is 0.522 bits per heavy atom. The van der Waals surface area contributed by atoms with Gasteiger partial charge in [-0.25, -0.2) is 72.3 Å². The molecule has 9 aromatic heterocycles. The van der Waals surface area contributed by atoms with Crippen LogP contribution in [0.1, 0.15) is 92.1 Å². The number of methoxy groups -OCH3 is 1. The van der Waals surface area contributed by atoms with Gasteiger partial charge in [0.05, 0.1) is 138 Å². The molecule has 4 atom stereocenters. The first-order valence-corrected chi connectivity index (χ1v) is 41.5. The minimum Gasteiger partial charge on any atom is -0.469 e. The van der Waals surface area contributed by atoms with Crippen molar-refractivity contribution in [2.45, 2.75) is 65.5 Å². The average molecular weight is 1740 g/mol. The molecule has 0 saturated carbocycles. The zero-order valence-corrected chi connectivity index (χ0v) is 66.7. The van der Waals surface area contributed by atoms with Crippen molar-refractivity contribution in [1.82, 2.24) is 75.2 Å². The second-order valence-corrected chi connectivity index (χ2v) is 31.7. The Morgan fingerprint density at radius 3 is 1.12 bits per heavy atom. The number of amides is 3. The Hall–Kier alpha value is -10.4. The molecule has 43 heteroatoms. The number of aldehydes is 1. The summed E-state index contributed by atoms with van der Waals surface area (Å²) >= 11 is -5.94. The van der Waals surface area contributed by atoms with Crippen LogP contribution in [0.5, 0.6) is 0 Å². The predicted molar refractivity (Wildman–Crippen MR) is 378 cm³/mol. The number of nitrogens with zero attached hydrogens (tertiary/aromatic N) is 12. The first-order chi connectivity index (χ1) is 53.0. The summed E-state index contributed by atoms with van der Waals surface area (Å²) in [6.45, 7) is 1.54. The van der Waals surface area contributed by atoms with Gasteiger partial charge >= 0.3 is 35.5 Å². The predicted octanol–water partition coefficient (Wildman–Crippen LogP) is -3.87. The summed E-state index contributed by atoms with van der Waals surface area (Å²) in [7, 11) is -9.58. The Morgan fingerprint density at radius 2 is 0.823 bits per heavy atom. The molecule has 12 aromatic rings. The summed E-state index contributed by atoms with van der Waals surface area (Å²) in [4.78, 5) is 90.4. The fourth-order valence-corrected chi connectivity index (χ4v) is 12.3. The molecule has 12 rings (SSSR count). The number of sulfone groups is 3. The molecule has 0 spiro atoms. The molecule has 1 unspecified atom stereocenters. The zero-order valence-electron chi connectivity index (χ0n) is 60.1. The molecule has 0 aliphatic heterocycles. The van der Waals surface area contributed by atoms with Crippen molar-refractivity contribution in [1.29, 1.82) is 0 Å². The Kier molecular flexibility index (Phi) is 32.1. The molecule has 0 bridgehead atoms. The maximum atomic E-state index is 13.3. The van der Waals surface area contributed by atoms with Crippen molar-refractivity contribution in [2.24, 2.45) is 0 Å². The molecular weight excluding hydrogens is 1670 g/mol. The van der Waals surface area contributed by atoms with Crippen LogP contribution in [0.15, 0.2) is 199 Å². The number of nitrogens with one attached hydrogen (secondary N) is 3. The SMILES string of the molecule is CCOO.COC(=O)C[C@H](NC(=O)c1cncc2c1cnn2-c1ccc(F)cc1)c1ccnc(S(C)(=O)=O)c1.CS(=O)(=O)c1cc([C@H](CC(O)CO)NC(=O)c2cncc3c2cnn3-c2ccc(F)cc2)ccn1.CS(=O)(=O)c1cc([C@H](CC=O)NC(=O)c2cncc3c2cnn3-c2ccc(F)cc2)ccn1.[Na+].[O-][I+3]([O-])([O-])[O-]. The number of hydrogen-bond donors (Lipinski definition) is 6. The first-order valence-electron chi connectivity index (χ1n) is 32.3. The van der Waals surface area contributed by atoms with E-state index in [9.17, 15) is 72.6 Å². The van der Waals surface area contributed by atoms with Crippen LogP contribution in [0.2, 0.25) is 0 Å². The second-order valence-electron chi connectivity index (χ2n) is 23.7. The van der Waals surface area contributed by atoms with Crippen molar-refractivity contribution >= 4 is 92.2 Å². The van der Waals surface area contributed by atoms with Crippen molar-refractivity contribution in [3.63, 3.8) is 0 Å². The van der Waals surface area contributed by atoms with Gasteiger partial charge in [0.15, 0.2) is 44.6 Å². The van der Waals surface area contributed by atoms with Gasteiger partial charge in [-0.3, -0.25) is 53.1 Å². The quantitative estimate of drug-likeness (QED) is 0.00891. The van der Waals surface area contributed by atoms with Gasteiger partial charge in [-0.05, 0) is 139 Å². The van der Waals surface area contributed by atoms with Crippen molar-refractivity contribution in [3.8, 4) is 17.1 Å². The smallest absolute Gasteiger partial charge is 0.469 e. The number of hydrogen-bond acceptors (Lipinski definition) is 29. The van der Waals surface area contributed by atoms with Gasteiger partial charge < -0.3 is 35.7 Å². The van der Waals surface area contributed by atoms with E-state index in [1.807, 2.05) is 0 Å². The summed E-state index contributed by atoms with van der Waals surface area (Å²) in [5, 5.41) is 48.9. The Labute approximate surface area is 669 Å². The molecule has 0 saturated heterocycles. The molecule has 588 valence electrons. The topological polar surface area (TPSA) is 526 Å². The van der Waals surface area contributed by atoms with Gasteiger partial charge in [-0.15, -0.1) is 0 Å². The number of carbonyl (C=O) groups excluding carboxylic acids is 5. The fourth-order valence-electron chi connectivity index (χ4n) is 10.5. The monoisotopic (exact) mass is 1740 g/mol. The maximum absolute atomic E-state index is 13.3. The van der Waals surface area contributed by atoms with Gasteiger partial charge in [-0.1, -0.05) is 0 Å². The van der Waals surface area contributed by atoms with Crippen LogP contribution in [-0.4, -0.2) is 175 Å². The van der Waals surface area contributed by atoms with E-state index in [2.05, 4.69) is 66.0 Å². The molecule has 35 nitrogen and oxygen atoms in total. The van der Waals surface area contributed by atoms with E-state index < -0.39 is 116 Å². The number of aromatic nitrogens is 12. The van der Waals surface area contributed by atoms with Crippen LogP contribution in [0.3, 0.4) is 0 Å². The summed E-state index contributed by atoms with van der Waals surface area (Å²) in [6.07, 6.45) is 19.2. The summed E-state index contributed by atoms with van der Waals surface area (Å²) in [5.41, 5.74) is 5.08. The number of halogens is 4. The van der Waals surface area contributed by atoms with Crippen molar-refractivity contribution in [2.75, 3.05) is 39.1 Å². The molecule has 0 aliphatic rings. The molecule has 9 heterocycles. The number of aliphatic hydroxyl groups excluding tert-OH is 2. The van der Waals surface area contributed by atoms with Crippen molar-refractivity contribution in [3.05, 3.63) is 234 Å². The third kappa shape index (κ3) is 25.0. The van der Waals surface area contributed by atoms with Crippen LogP contribution in [0, 0.1) is 17.5 Å². The number of fused-ring (bicyclic) bond motifs is 3. The van der Waals surface area contributed by atoms with E-state index in [0.29, 0.717) is 79.4 Å². The molecule has 0 radical (unpaired) electrons. The molecule has 6 N–H and O–H groups in total. The molecule has 0 aliphatic carbocycles. The molecule has 3 amide bonds. The van der Waals surface area contributed by atoms with Gasteiger partial charge in [-0.2, -0.15) is 15.3 Å². The van der Waals surface area contributed by atoms with Crippen molar-refractivity contribution < 1.29 is 151 Å². The van der Waals surface area contributed by atoms with Gasteiger partial charge in [0.2, 0.25) is 0 Å². The normalized spacial score (nSPS) is 12.4. The van der Waals surface area contributed by atoms with Crippen LogP contribution >= 0.6 is 0 Å². The summed E-state index contributed by atoms with van der Waals surface area (Å²) < 4.78 is 155. The van der Waals surface area contributed by atoms with Crippen LogP contribution in [-0.2, 0) is 48.7 Å². The van der Waals surface area contributed by atoms with Gasteiger partial charge in [0, 0.05) is 78.5 Å². The summed E-state index contributed by atoms with van der Waals surface area (Å²) in [5.74, 6) is -3.40. The third-order valence-electron chi connectivity index (χ3n) is 15.8. The number of rotatable bonds is 23. The van der Waals surface area contributed by atoms with E-state index in [0.717, 1.165) is 18.8 Å². The average Bonchev–Trinajstić information content (AvgIpc) is 1.66. The molecular formula is C70H66F3IN15NaO20S3. The largest absolute Gasteiger partial charge is 1.00 e. The van der Waals surface area contributed by atoms with Crippen LogP contribution in [0.4, 0.5) is 13.2 Å². The van der Waals surface area contributed by atoms with E-state index in [-0.39, 0.29) is 86.4 Å². The number of carbonyl (C=O) groups is 5. The number of aliphatic hydroxyl groups is 2. The van der Waals surface area contributed by atoms with E-state index >= 15 is 0 Å². The summed E-state index contributed by atoms with van der Waals surface area (Å²) in [6, 6.07) is 23.1. The number of benzene rings is 3. The second kappa shape index (κ2) is 40.3. The zero-order chi connectivity index (χ0) is 81.8. The maximum Gasteiger partial charge on any atom is 1.00 e. The van der Waals surface area contributed by atoms with E-state index in [4.69, 9.17) is 23.7 Å². The molecule has 3 aromatic carbocycles. The first kappa shape index (κ1) is 89.8. The fraction of sp³-hybridized carbons (Fsp3) is 0.200. The number of ether oxygens (including phenoxy) is 1. The van der Waals surface area contributed by atoms with Crippen LogP contribution < -0.4 is 79.3 Å². The van der Waals surface area contributed by atoms with Gasteiger partial charge in [0.25, 0.3) is 17.7 Å². The number of pyridine rings is 6. The molecule has 113 heavy (non-hydrogen) atoms. The molecule has 0 fully saturated rings. The van der Waals surface area contributed by atoms with Gasteiger partial charge in [0.1, 0.15) is 43.8 Å². The Bertz CT molecular complexity index is 5690. The number of esters is 1. The van der Waals surface area contributed by atoms with E-state index in [1.165, 1.54) is 168 Å². The van der Waals surface area contributed by atoms with E-state index in [1.54, 1.807) is 43.3 Å². The minimum atomic E-state index is -5.94. The minimum absolute atomic E-state index is 0. The van der Waals surface area contributed by atoms with Crippen LogP contribution in [0.25, 0.3) is 49.8 Å². The Balaban J connectivity index is 0.000000221. The third-order valence-corrected chi connectivity index (χ3v) is 18.7. The standard InChI is InChI=1S/C23H20FN5O5S.C23H22FN5O5S.C22H18FN5O4S.C2H6O2.IO4.Na/c1-34-22(30)10-19(14-7-8-26-21(9-14)35(2,32)33)28-23(31)18-11-25-13-20-17(18)12-27-29(20)16-5-3-15(24)4-6-16;1-35(33,34)22-8-14(6-7-26-22)20(9-17(31)13-30)28-23(32)19-10-25-12-21-18(19)11-27-29(21)16-4-2-15(24)3-5-16;1-33(31,32)21-10-14(6-8-25-21)19(7-9-29)27-22(30)18-11-24-13-20-17(18)12-26-28(20)16-4-2-15(23)3-5-16;1-2-4-3;2-1(3,4)5;/h3-9,11-13,19H,10H2,1-2H3,(H,28,31);2-8,10-12,17,20,30-31H,9,13H2,1H3,(H,28,32);2-6,8-13,19H,7H2,1H3,(H,27,30);3H,2H2,1H3;;/q;;;;-1;+1/t19-;17?,20-;19-;;;/m000.../s1.